The van der Waals surface area contributed by atoms with E-state index in [9.17, 15) is 5.11 Å². The minimum Gasteiger partial charge on any atom is -0.391 e. The molecule has 0 aromatic heterocycles. The zero-order valence-corrected chi connectivity index (χ0v) is 12.1. The maximum Gasteiger partial charge on any atom is 0.0701 e. The lowest BCUT2D eigenvalue weighted by molar-refractivity contribution is 0.123. The lowest BCUT2D eigenvalue weighted by Crippen LogP contribution is -2.37. The summed E-state index contributed by atoms with van der Waals surface area (Å²) in [6.07, 6.45) is 3.42. The van der Waals surface area contributed by atoms with E-state index < -0.39 is 6.10 Å². The molecule has 3 heteroatoms. The smallest absolute Gasteiger partial charge is 0.0701 e. The van der Waals surface area contributed by atoms with Crippen molar-refractivity contribution in [1.29, 1.82) is 0 Å². The monoisotopic (exact) mass is 247 g/mol. The Morgan fingerprint density at radius 2 is 1.56 bits per heavy atom. The lowest BCUT2D eigenvalue weighted by Gasteiger charge is -2.23. The molecule has 0 radical (unpaired) electrons. The number of nitrogens with two attached hydrogens (primary N) is 1. The first-order valence-electron chi connectivity index (χ1n) is 6.44. The number of aliphatic hydroxyl groups excluding tert-OH is 1. The Balaban J connectivity index is 3.80. The van der Waals surface area contributed by atoms with Crippen LogP contribution in [0.5, 0.6) is 0 Å². The van der Waals surface area contributed by atoms with Crippen LogP contribution >= 0.6 is 12.6 Å². The first-order chi connectivity index (χ1) is 7.32. The van der Waals surface area contributed by atoms with Gasteiger partial charge in [-0.2, -0.15) is 12.6 Å². The van der Waals surface area contributed by atoms with Crippen LogP contribution < -0.4 is 5.73 Å². The van der Waals surface area contributed by atoms with Gasteiger partial charge in [0, 0.05) is 11.3 Å². The predicted molar refractivity (Wildman–Crippen MR) is 74.9 cm³/mol. The second kappa shape index (κ2) is 8.37. The van der Waals surface area contributed by atoms with Gasteiger partial charge in [0.05, 0.1) is 6.10 Å². The van der Waals surface area contributed by atoms with Crippen LogP contribution in [0.1, 0.15) is 53.4 Å². The quantitative estimate of drug-likeness (QED) is 0.578. The van der Waals surface area contributed by atoms with E-state index in [1.54, 1.807) is 0 Å². The highest BCUT2D eigenvalue weighted by Crippen LogP contribution is 2.18. The summed E-state index contributed by atoms with van der Waals surface area (Å²) in [6.45, 7) is 8.68. The van der Waals surface area contributed by atoms with E-state index in [0.29, 0.717) is 18.3 Å². The van der Waals surface area contributed by atoms with Gasteiger partial charge in [-0.05, 0) is 37.5 Å². The number of hydrogen-bond acceptors (Lipinski definition) is 3. The minimum atomic E-state index is -0.405. The van der Waals surface area contributed by atoms with Gasteiger partial charge in [0.25, 0.3) is 0 Å². The van der Waals surface area contributed by atoms with Gasteiger partial charge in [0.1, 0.15) is 0 Å². The van der Waals surface area contributed by atoms with Crippen molar-refractivity contribution in [1.82, 2.24) is 0 Å². The molecule has 3 atom stereocenters. The van der Waals surface area contributed by atoms with Gasteiger partial charge in [-0.1, -0.05) is 27.7 Å². The van der Waals surface area contributed by atoms with E-state index >= 15 is 0 Å². The highest BCUT2D eigenvalue weighted by atomic mass is 32.1. The fraction of sp³-hybridized carbons (Fsp3) is 1.00. The van der Waals surface area contributed by atoms with Crippen LogP contribution in [0.15, 0.2) is 0 Å². The molecule has 0 amide bonds. The number of hydrogen-bond donors (Lipinski definition) is 3. The number of thiol groups is 1. The summed E-state index contributed by atoms with van der Waals surface area (Å²) in [4.78, 5) is 0. The van der Waals surface area contributed by atoms with Gasteiger partial charge >= 0.3 is 0 Å². The van der Waals surface area contributed by atoms with Crippen LogP contribution in [-0.4, -0.2) is 22.5 Å². The molecule has 98 valence electrons. The van der Waals surface area contributed by atoms with Crippen molar-refractivity contribution in [3.63, 3.8) is 0 Å². The molecular weight excluding hydrogens is 218 g/mol. The van der Waals surface area contributed by atoms with E-state index in [1.807, 2.05) is 0 Å². The first kappa shape index (κ1) is 16.3. The van der Waals surface area contributed by atoms with Crippen LogP contribution in [0, 0.1) is 11.8 Å². The molecule has 2 nitrogen and oxygen atoms in total. The maximum absolute atomic E-state index is 9.93. The molecule has 0 aliphatic carbocycles. The SMILES string of the molecule is CC(C)CCC(S)C[C@H](O)[C@@H](N)CC(C)C. The Kier molecular flexibility index (Phi) is 8.52. The minimum absolute atomic E-state index is 0.103. The first-order valence-corrected chi connectivity index (χ1v) is 6.96. The Labute approximate surface area is 106 Å². The van der Waals surface area contributed by atoms with Crippen molar-refractivity contribution in [3.8, 4) is 0 Å². The Hall–Kier alpha value is 0.270. The Bertz CT molecular complexity index is 173. The second-order valence-corrected chi connectivity index (χ2v) is 6.45. The topological polar surface area (TPSA) is 46.2 Å². The van der Waals surface area contributed by atoms with Gasteiger partial charge in [-0.3, -0.25) is 0 Å². The molecule has 0 aromatic rings. The molecule has 0 rings (SSSR count). The average molecular weight is 247 g/mol. The van der Waals surface area contributed by atoms with E-state index in [1.165, 1.54) is 6.42 Å². The van der Waals surface area contributed by atoms with Crippen molar-refractivity contribution < 1.29 is 5.11 Å². The highest BCUT2D eigenvalue weighted by Gasteiger charge is 2.19. The third kappa shape index (κ3) is 8.43. The highest BCUT2D eigenvalue weighted by molar-refractivity contribution is 7.80. The average Bonchev–Trinajstić information content (AvgIpc) is 2.13. The zero-order chi connectivity index (χ0) is 12.7. The summed E-state index contributed by atoms with van der Waals surface area (Å²) in [5.74, 6) is 1.25. The van der Waals surface area contributed by atoms with Crippen LogP contribution in [0.4, 0.5) is 0 Å². The fourth-order valence-corrected chi connectivity index (χ4v) is 2.16. The van der Waals surface area contributed by atoms with Crippen molar-refractivity contribution in [2.24, 2.45) is 17.6 Å². The lowest BCUT2D eigenvalue weighted by atomic mass is 9.95. The number of aliphatic hydroxyl groups is 1. The van der Waals surface area contributed by atoms with E-state index in [4.69, 9.17) is 5.73 Å². The molecule has 0 aliphatic heterocycles. The molecule has 0 spiro atoms. The van der Waals surface area contributed by atoms with Gasteiger partial charge < -0.3 is 10.8 Å². The van der Waals surface area contributed by atoms with Crippen LogP contribution in [0.3, 0.4) is 0 Å². The van der Waals surface area contributed by atoms with Gasteiger partial charge in [-0.25, -0.2) is 0 Å². The largest absolute Gasteiger partial charge is 0.391 e. The Morgan fingerprint density at radius 1 is 1.00 bits per heavy atom. The summed E-state index contributed by atoms with van der Waals surface area (Å²) < 4.78 is 0. The zero-order valence-electron chi connectivity index (χ0n) is 11.2. The molecule has 0 saturated carbocycles. The normalized spacial score (nSPS) is 17.8. The van der Waals surface area contributed by atoms with Gasteiger partial charge in [-0.15, -0.1) is 0 Å². The number of rotatable bonds is 8. The standard InChI is InChI=1S/C13H29NOS/c1-9(2)5-6-11(16)8-13(15)12(14)7-10(3)4/h9-13,15-16H,5-8,14H2,1-4H3/t11?,12-,13-/m0/s1. The summed E-state index contributed by atoms with van der Waals surface area (Å²) in [7, 11) is 0. The van der Waals surface area contributed by atoms with E-state index in [2.05, 4.69) is 40.3 Å². The fourth-order valence-electron chi connectivity index (χ4n) is 1.80. The van der Waals surface area contributed by atoms with Crippen molar-refractivity contribution in [2.75, 3.05) is 0 Å². The second-order valence-electron chi connectivity index (χ2n) is 5.72. The molecular formula is C13H29NOS. The molecule has 1 unspecified atom stereocenters. The predicted octanol–water partition coefficient (Wildman–Crippen LogP) is 2.85. The molecule has 0 aliphatic rings. The third-order valence-corrected chi connectivity index (χ3v) is 3.30. The van der Waals surface area contributed by atoms with E-state index in [0.717, 1.165) is 12.8 Å². The molecule has 0 heterocycles. The van der Waals surface area contributed by atoms with Gasteiger partial charge in [0.15, 0.2) is 0 Å². The van der Waals surface area contributed by atoms with Crippen molar-refractivity contribution in [3.05, 3.63) is 0 Å². The molecule has 0 saturated heterocycles. The summed E-state index contributed by atoms with van der Waals surface area (Å²) in [5.41, 5.74) is 5.94. The van der Waals surface area contributed by atoms with E-state index in [-0.39, 0.29) is 11.3 Å². The van der Waals surface area contributed by atoms with Crippen molar-refractivity contribution in [2.45, 2.75) is 70.8 Å². The van der Waals surface area contributed by atoms with Crippen molar-refractivity contribution >= 4 is 12.6 Å². The molecule has 3 N–H and O–H groups in total. The van der Waals surface area contributed by atoms with Crippen LogP contribution in [0.25, 0.3) is 0 Å². The molecule has 16 heavy (non-hydrogen) atoms. The maximum atomic E-state index is 9.93. The Morgan fingerprint density at radius 3 is 2.00 bits per heavy atom. The van der Waals surface area contributed by atoms with Crippen LogP contribution in [0.2, 0.25) is 0 Å². The van der Waals surface area contributed by atoms with Gasteiger partial charge in [0.2, 0.25) is 0 Å². The molecule has 0 bridgehead atoms. The summed E-state index contributed by atoms with van der Waals surface area (Å²) >= 11 is 4.51. The molecule has 0 fully saturated rings. The summed E-state index contributed by atoms with van der Waals surface area (Å²) in [6, 6.07) is -0.103. The van der Waals surface area contributed by atoms with Crippen LogP contribution in [-0.2, 0) is 0 Å². The summed E-state index contributed by atoms with van der Waals surface area (Å²) in [5, 5.41) is 10.2. The third-order valence-electron chi connectivity index (χ3n) is 2.83. The molecule has 0 aromatic carbocycles.